The molecule has 1 amide bonds. The zero-order valence-electron chi connectivity index (χ0n) is 12.9. The van der Waals surface area contributed by atoms with Gasteiger partial charge in [-0.05, 0) is 44.2 Å². The van der Waals surface area contributed by atoms with Crippen molar-refractivity contribution in [1.82, 2.24) is 0 Å². The molecule has 0 radical (unpaired) electrons. The predicted octanol–water partition coefficient (Wildman–Crippen LogP) is 5.15. The number of nitrogens with one attached hydrogen (secondary N) is 1. The van der Waals surface area contributed by atoms with E-state index in [4.69, 9.17) is 9.15 Å². The van der Waals surface area contributed by atoms with E-state index in [1.807, 2.05) is 50.2 Å². The van der Waals surface area contributed by atoms with Crippen LogP contribution < -0.4 is 10.1 Å². The molecule has 0 saturated carbocycles. The highest BCUT2D eigenvalue weighted by atomic mass is 79.9. The fraction of sp³-hybridized carbons (Fsp3) is 0.167. The summed E-state index contributed by atoms with van der Waals surface area (Å²) in [6.07, 6.45) is 0. The van der Waals surface area contributed by atoms with Crippen LogP contribution in [0.4, 0.5) is 5.69 Å². The maximum atomic E-state index is 12.6. The van der Waals surface area contributed by atoms with Gasteiger partial charge in [0.25, 0.3) is 5.91 Å². The Bertz CT molecular complexity index is 870. The van der Waals surface area contributed by atoms with Gasteiger partial charge in [-0.2, -0.15) is 0 Å². The molecule has 118 valence electrons. The van der Waals surface area contributed by atoms with E-state index in [0.717, 1.165) is 15.4 Å². The number of rotatable bonds is 4. The molecule has 0 aliphatic carbocycles. The Morgan fingerprint density at radius 1 is 1.26 bits per heavy atom. The zero-order chi connectivity index (χ0) is 16.4. The summed E-state index contributed by atoms with van der Waals surface area (Å²) in [5.74, 6) is 0.659. The predicted molar refractivity (Wildman–Crippen MR) is 94.2 cm³/mol. The summed E-state index contributed by atoms with van der Waals surface area (Å²) in [6.45, 7) is 4.31. The van der Waals surface area contributed by atoms with E-state index in [0.29, 0.717) is 29.4 Å². The fourth-order valence-corrected chi connectivity index (χ4v) is 2.80. The molecule has 5 heteroatoms. The topological polar surface area (TPSA) is 51.5 Å². The van der Waals surface area contributed by atoms with E-state index in [1.54, 1.807) is 6.07 Å². The normalized spacial score (nSPS) is 10.7. The van der Waals surface area contributed by atoms with Gasteiger partial charge in [0.15, 0.2) is 5.76 Å². The monoisotopic (exact) mass is 373 g/mol. The third-order valence-corrected chi connectivity index (χ3v) is 4.03. The van der Waals surface area contributed by atoms with Gasteiger partial charge in [-0.15, -0.1) is 0 Å². The van der Waals surface area contributed by atoms with Crippen molar-refractivity contribution in [3.63, 3.8) is 0 Å². The first kappa shape index (κ1) is 15.6. The molecule has 4 nitrogen and oxygen atoms in total. The number of hydrogen-bond donors (Lipinski definition) is 1. The van der Waals surface area contributed by atoms with Gasteiger partial charge in [0.2, 0.25) is 0 Å². The molecule has 0 atom stereocenters. The highest BCUT2D eigenvalue weighted by molar-refractivity contribution is 9.10. The molecule has 0 bridgehead atoms. The van der Waals surface area contributed by atoms with Crippen molar-refractivity contribution in [2.45, 2.75) is 13.8 Å². The molecular weight excluding hydrogens is 358 g/mol. The first-order valence-electron chi connectivity index (χ1n) is 7.32. The van der Waals surface area contributed by atoms with Crippen LogP contribution in [0.5, 0.6) is 5.75 Å². The Hall–Kier alpha value is -2.27. The first-order chi connectivity index (χ1) is 11.1. The number of para-hydroxylation sites is 2. The van der Waals surface area contributed by atoms with Crippen molar-refractivity contribution in [2.75, 3.05) is 11.9 Å². The van der Waals surface area contributed by atoms with Crippen LogP contribution in [0.1, 0.15) is 23.0 Å². The van der Waals surface area contributed by atoms with Crippen molar-refractivity contribution in [2.24, 2.45) is 0 Å². The Morgan fingerprint density at radius 2 is 2.04 bits per heavy atom. The third kappa shape index (κ3) is 3.10. The molecule has 0 aliphatic rings. The maximum Gasteiger partial charge on any atom is 0.291 e. The summed E-state index contributed by atoms with van der Waals surface area (Å²) in [5.41, 5.74) is 2.13. The number of benzene rings is 2. The zero-order valence-corrected chi connectivity index (χ0v) is 14.4. The minimum absolute atomic E-state index is 0.290. The van der Waals surface area contributed by atoms with Crippen molar-refractivity contribution in [1.29, 1.82) is 0 Å². The molecule has 1 N–H and O–H groups in total. The average molecular weight is 374 g/mol. The van der Waals surface area contributed by atoms with Crippen LogP contribution in [-0.2, 0) is 0 Å². The van der Waals surface area contributed by atoms with Gasteiger partial charge in [0.1, 0.15) is 11.3 Å². The fourth-order valence-electron chi connectivity index (χ4n) is 2.44. The van der Waals surface area contributed by atoms with Gasteiger partial charge < -0.3 is 14.5 Å². The second kappa shape index (κ2) is 6.46. The van der Waals surface area contributed by atoms with E-state index in [9.17, 15) is 4.79 Å². The number of furan rings is 1. The second-order valence-electron chi connectivity index (χ2n) is 5.08. The Labute approximate surface area is 142 Å². The molecule has 0 unspecified atom stereocenters. The van der Waals surface area contributed by atoms with Crippen LogP contribution in [0.15, 0.2) is 51.4 Å². The van der Waals surface area contributed by atoms with Crippen LogP contribution in [-0.4, -0.2) is 12.5 Å². The number of hydrogen-bond acceptors (Lipinski definition) is 3. The summed E-state index contributed by atoms with van der Waals surface area (Å²) >= 11 is 3.43. The Balaban J connectivity index is 1.94. The molecule has 1 heterocycles. The lowest BCUT2D eigenvalue weighted by Gasteiger charge is -2.10. The molecule has 0 spiro atoms. The lowest BCUT2D eigenvalue weighted by molar-refractivity contribution is 0.0997. The first-order valence-corrected chi connectivity index (χ1v) is 8.11. The van der Waals surface area contributed by atoms with Gasteiger partial charge in [-0.3, -0.25) is 4.79 Å². The summed E-state index contributed by atoms with van der Waals surface area (Å²) < 4.78 is 12.2. The smallest absolute Gasteiger partial charge is 0.291 e. The van der Waals surface area contributed by atoms with Crippen molar-refractivity contribution >= 4 is 38.5 Å². The SMILES string of the molecule is CCOc1ccccc1NC(=O)c1oc2ccc(Br)cc2c1C. The van der Waals surface area contributed by atoms with Crippen LogP contribution >= 0.6 is 15.9 Å². The molecule has 0 fully saturated rings. The standard InChI is InChI=1S/C18H16BrNO3/c1-3-22-16-7-5-4-6-14(16)20-18(21)17-11(2)13-10-12(19)8-9-15(13)23-17/h4-10H,3H2,1-2H3,(H,20,21). The van der Waals surface area contributed by atoms with Crippen LogP contribution in [0.2, 0.25) is 0 Å². The van der Waals surface area contributed by atoms with Crippen LogP contribution in [0.25, 0.3) is 11.0 Å². The van der Waals surface area contributed by atoms with E-state index >= 15 is 0 Å². The van der Waals surface area contributed by atoms with Gasteiger partial charge in [-0.25, -0.2) is 0 Å². The highest BCUT2D eigenvalue weighted by Gasteiger charge is 2.19. The molecule has 2 aromatic carbocycles. The van der Waals surface area contributed by atoms with Gasteiger partial charge in [0, 0.05) is 15.4 Å². The third-order valence-electron chi connectivity index (χ3n) is 3.54. The lowest BCUT2D eigenvalue weighted by atomic mass is 10.1. The molecule has 3 aromatic rings. The second-order valence-corrected chi connectivity index (χ2v) is 6.00. The lowest BCUT2D eigenvalue weighted by Crippen LogP contribution is -2.13. The molecule has 0 saturated heterocycles. The van der Waals surface area contributed by atoms with Crippen molar-refractivity contribution in [3.05, 3.63) is 58.3 Å². The molecular formula is C18H16BrNO3. The van der Waals surface area contributed by atoms with Gasteiger partial charge in [0.05, 0.1) is 12.3 Å². The van der Waals surface area contributed by atoms with Crippen LogP contribution in [0.3, 0.4) is 0 Å². The van der Waals surface area contributed by atoms with Crippen molar-refractivity contribution < 1.29 is 13.9 Å². The number of amides is 1. The summed E-state index contributed by atoms with van der Waals surface area (Å²) in [6, 6.07) is 13.0. The number of fused-ring (bicyclic) bond motifs is 1. The molecule has 1 aromatic heterocycles. The number of anilines is 1. The number of carbonyl (C=O) groups is 1. The number of halogens is 1. The summed E-state index contributed by atoms with van der Waals surface area (Å²) in [4.78, 5) is 12.6. The van der Waals surface area contributed by atoms with Gasteiger partial charge >= 0.3 is 0 Å². The Morgan fingerprint density at radius 3 is 2.83 bits per heavy atom. The number of ether oxygens (including phenoxy) is 1. The van der Waals surface area contributed by atoms with E-state index in [1.165, 1.54) is 0 Å². The summed E-state index contributed by atoms with van der Waals surface area (Å²) in [7, 11) is 0. The van der Waals surface area contributed by atoms with Gasteiger partial charge in [-0.1, -0.05) is 28.1 Å². The van der Waals surface area contributed by atoms with E-state index < -0.39 is 0 Å². The summed E-state index contributed by atoms with van der Waals surface area (Å²) in [5, 5.41) is 3.78. The van der Waals surface area contributed by atoms with E-state index in [2.05, 4.69) is 21.2 Å². The quantitative estimate of drug-likeness (QED) is 0.687. The molecule has 0 aliphatic heterocycles. The highest BCUT2D eigenvalue weighted by Crippen LogP contribution is 2.30. The minimum Gasteiger partial charge on any atom is -0.492 e. The average Bonchev–Trinajstić information content (AvgIpc) is 2.86. The largest absolute Gasteiger partial charge is 0.492 e. The minimum atomic E-state index is -0.290. The molecule has 3 rings (SSSR count). The molecule has 23 heavy (non-hydrogen) atoms. The van der Waals surface area contributed by atoms with E-state index in [-0.39, 0.29) is 5.91 Å². The van der Waals surface area contributed by atoms with Crippen LogP contribution in [0, 0.1) is 6.92 Å². The Kier molecular flexibility index (Phi) is 4.39. The van der Waals surface area contributed by atoms with Crippen molar-refractivity contribution in [3.8, 4) is 5.75 Å². The number of aryl methyl sites for hydroxylation is 1. The maximum absolute atomic E-state index is 12.6. The number of carbonyl (C=O) groups excluding carboxylic acids is 1.